The molecule has 1 aliphatic rings. The fraction of sp³-hybridized carbons (Fsp3) is 0.500. The number of nitrogens with two attached hydrogens (primary N) is 1. The summed E-state index contributed by atoms with van der Waals surface area (Å²) in [7, 11) is 0. The zero-order valence-corrected chi connectivity index (χ0v) is 9.96. The first-order valence-corrected chi connectivity index (χ1v) is 5.85. The van der Waals surface area contributed by atoms with Crippen molar-refractivity contribution in [3.8, 4) is 0 Å². The largest absolute Gasteiger partial charge is 0.356 e. The van der Waals surface area contributed by atoms with Gasteiger partial charge < -0.3 is 15.6 Å². The lowest BCUT2D eigenvalue weighted by atomic mass is 10.1. The van der Waals surface area contributed by atoms with Crippen molar-refractivity contribution in [3.63, 3.8) is 0 Å². The van der Waals surface area contributed by atoms with Crippen molar-refractivity contribution in [1.82, 2.24) is 9.88 Å². The van der Waals surface area contributed by atoms with Gasteiger partial charge in [-0.15, -0.1) is 0 Å². The van der Waals surface area contributed by atoms with E-state index in [0.717, 1.165) is 23.9 Å². The van der Waals surface area contributed by atoms with Crippen molar-refractivity contribution < 1.29 is 4.79 Å². The lowest BCUT2D eigenvalue weighted by Gasteiger charge is -2.30. The van der Waals surface area contributed by atoms with Crippen molar-refractivity contribution in [2.24, 2.45) is 5.73 Å². The second-order valence-corrected chi connectivity index (χ2v) is 4.80. The number of nitrogens with zero attached hydrogens (tertiary/aromatic N) is 1. The summed E-state index contributed by atoms with van der Waals surface area (Å²) in [5, 5.41) is 0. The molecule has 82 valence electrons. The van der Waals surface area contributed by atoms with Crippen molar-refractivity contribution in [3.05, 3.63) is 22.4 Å². The monoisotopic (exact) mass is 271 g/mol. The van der Waals surface area contributed by atoms with Gasteiger partial charge in [0.25, 0.3) is 5.91 Å². The van der Waals surface area contributed by atoms with Gasteiger partial charge in [0.1, 0.15) is 5.69 Å². The first kappa shape index (κ1) is 10.7. The van der Waals surface area contributed by atoms with Crippen LogP contribution in [-0.2, 0) is 0 Å². The first-order valence-electron chi connectivity index (χ1n) is 5.05. The highest BCUT2D eigenvalue weighted by Crippen LogP contribution is 2.15. The van der Waals surface area contributed by atoms with Crippen LogP contribution in [0.5, 0.6) is 0 Å². The van der Waals surface area contributed by atoms with E-state index in [4.69, 9.17) is 5.73 Å². The fourth-order valence-corrected chi connectivity index (χ4v) is 2.20. The summed E-state index contributed by atoms with van der Waals surface area (Å²) in [6.07, 6.45) is 3.77. The molecule has 1 aromatic heterocycles. The van der Waals surface area contributed by atoms with Gasteiger partial charge in [-0.25, -0.2) is 0 Å². The Morgan fingerprint density at radius 1 is 1.67 bits per heavy atom. The number of likely N-dealkylation sites (tertiary alicyclic amines) is 1. The Kier molecular flexibility index (Phi) is 3.11. The summed E-state index contributed by atoms with van der Waals surface area (Å²) in [5.74, 6) is 0.0378. The van der Waals surface area contributed by atoms with Gasteiger partial charge in [0.2, 0.25) is 0 Å². The predicted molar refractivity (Wildman–Crippen MR) is 61.6 cm³/mol. The Morgan fingerprint density at radius 3 is 3.07 bits per heavy atom. The number of carbonyl (C=O) groups excluding carboxylic acids is 1. The quantitative estimate of drug-likeness (QED) is 0.810. The number of aromatic amines is 1. The van der Waals surface area contributed by atoms with E-state index in [2.05, 4.69) is 20.9 Å². The second kappa shape index (κ2) is 4.37. The third-order valence-electron chi connectivity index (χ3n) is 2.62. The van der Waals surface area contributed by atoms with E-state index in [1.807, 2.05) is 4.90 Å². The maximum absolute atomic E-state index is 12.0. The van der Waals surface area contributed by atoms with E-state index in [1.165, 1.54) is 0 Å². The molecule has 0 aromatic carbocycles. The number of carbonyl (C=O) groups is 1. The van der Waals surface area contributed by atoms with Gasteiger partial charge in [-0.3, -0.25) is 4.79 Å². The minimum Gasteiger partial charge on any atom is -0.356 e. The van der Waals surface area contributed by atoms with E-state index in [0.29, 0.717) is 12.2 Å². The third kappa shape index (κ3) is 2.41. The minimum atomic E-state index is 0.0378. The molecule has 1 unspecified atom stereocenters. The summed E-state index contributed by atoms with van der Waals surface area (Å²) in [5.41, 5.74) is 6.45. The lowest BCUT2D eigenvalue weighted by Crippen LogP contribution is -2.45. The topological polar surface area (TPSA) is 62.1 Å². The average Bonchev–Trinajstić information content (AvgIpc) is 2.64. The molecule has 1 amide bonds. The molecule has 2 heterocycles. The lowest BCUT2D eigenvalue weighted by molar-refractivity contribution is 0.0703. The third-order valence-corrected chi connectivity index (χ3v) is 3.08. The molecule has 5 heteroatoms. The van der Waals surface area contributed by atoms with Crippen LogP contribution in [0.3, 0.4) is 0 Å². The normalized spacial score (nSPS) is 21.7. The van der Waals surface area contributed by atoms with Crippen molar-refractivity contribution >= 4 is 21.8 Å². The number of H-pyrrole nitrogens is 1. The number of amides is 1. The summed E-state index contributed by atoms with van der Waals surface area (Å²) in [6, 6.07) is 1.92. The van der Waals surface area contributed by atoms with Gasteiger partial charge in [-0.1, -0.05) is 0 Å². The number of nitrogens with one attached hydrogen (secondary N) is 1. The van der Waals surface area contributed by atoms with Crippen LogP contribution >= 0.6 is 15.9 Å². The zero-order valence-electron chi connectivity index (χ0n) is 8.37. The van der Waals surface area contributed by atoms with Crippen molar-refractivity contribution in [1.29, 1.82) is 0 Å². The zero-order chi connectivity index (χ0) is 10.8. The van der Waals surface area contributed by atoms with Crippen LogP contribution in [0.4, 0.5) is 0 Å². The number of aromatic nitrogens is 1. The molecule has 2 rings (SSSR count). The molecule has 0 spiro atoms. The van der Waals surface area contributed by atoms with Gasteiger partial charge in [0, 0.05) is 29.8 Å². The van der Waals surface area contributed by atoms with Crippen LogP contribution in [-0.4, -0.2) is 34.9 Å². The second-order valence-electron chi connectivity index (χ2n) is 3.89. The molecular formula is C10H14BrN3O. The first-order chi connectivity index (χ1) is 7.16. The average molecular weight is 272 g/mol. The van der Waals surface area contributed by atoms with Gasteiger partial charge in [0.15, 0.2) is 0 Å². The minimum absolute atomic E-state index is 0.0378. The van der Waals surface area contributed by atoms with Gasteiger partial charge in [0.05, 0.1) is 0 Å². The predicted octanol–water partition coefficient (Wildman–Crippen LogP) is 1.34. The van der Waals surface area contributed by atoms with E-state index in [1.54, 1.807) is 12.3 Å². The summed E-state index contributed by atoms with van der Waals surface area (Å²) < 4.78 is 0.896. The van der Waals surface area contributed by atoms with E-state index >= 15 is 0 Å². The van der Waals surface area contributed by atoms with Crippen LogP contribution in [0.25, 0.3) is 0 Å². The SMILES string of the molecule is NC1CCCN(C(=O)c2cc(Br)c[nH]2)C1. The molecule has 1 fully saturated rings. The Balaban J connectivity index is 2.07. The number of piperidine rings is 1. The molecule has 4 nitrogen and oxygen atoms in total. The van der Waals surface area contributed by atoms with Gasteiger partial charge >= 0.3 is 0 Å². The fourth-order valence-electron chi connectivity index (χ4n) is 1.86. The van der Waals surface area contributed by atoms with E-state index < -0.39 is 0 Å². The Morgan fingerprint density at radius 2 is 2.47 bits per heavy atom. The summed E-state index contributed by atoms with van der Waals surface area (Å²) in [4.78, 5) is 16.7. The number of rotatable bonds is 1. The standard InChI is InChI=1S/C10H14BrN3O/c11-7-4-9(13-5-7)10(15)14-3-1-2-8(12)6-14/h4-5,8,13H,1-3,6,12H2. The smallest absolute Gasteiger partial charge is 0.270 e. The van der Waals surface area contributed by atoms with Crippen molar-refractivity contribution in [2.75, 3.05) is 13.1 Å². The molecule has 0 radical (unpaired) electrons. The molecule has 1 atom stereocenters. The Hall–Kier alpha value is -0.810. The summed E-state index contributed by atoms with van der Waals surface area (Å²) >= 11 is 3.31. The van der Waals surface area contributed by atoms with Gasteiger partial charge in [-0.05, 0) is 34.8 Å². The van der Waals surface area contributed by atoms with Crippen LogP contribution in [0, 0.1) is 0 Å². The van der Waals surface area contributed by atoms with Crippen LogP contribution < -0.4 is 5.73 Å². The maximum Gasteiger partial charge on any atom is 0.270 e. The van der Waals surface area contributed by atoms with Crippen molar-refractivity contribution in [2.45, 2.75) is 18.9 Å². The molecule has 1 aromatic rings. The number of halogens is 1. The highest BCUT2D eigenvalue weighted by molar-refractivity contribution is 9.10. The molecule has 0 bridgehead atoms. The Labute approximate surface area is 97.0 Å². The Bertz CT molecular complexity index is 363. The number of hydrogen-bond donors (Lipinski definition) is 2. The van der Waals surface area contributed by atoms with Crippen LogP contribution in [0.2, 0.25) is 0 Å². The van der Waals surface area contributed by atoms with Crippen LogP contribution in [0.1, 0.15) is 23.3 Å². The molecule has 1 saturated heterocycles. The van der Waals surface area contributed by atoms with E-state index in [9.17, 15) is 4.79 Å². The molecular weight excluding hydrogens is 258 g/mol. The van der Waals surface area contributed by atoms with Crippen LogP contribution in [0.15, 0.2) is 16.7 Å². The molecule has 15 heavy (non-hydrogen) atoms. The highest BCUT2D eigenvalue weighted by Gasteiger charge is 2.22. The van der Waals surface area contributed by atoms with E-state index in [-0.39, 0.29) is 11.9 Å². The maximum atomic E-state index is 12.0. The molecule has 0 saturated carbocycles. The summed E-state index contributed by atoms with van der Waals surface area (Å²) in [6.45, 7) is 1.47. The molecule has 1 aliphatic heterocycles. The molecule has 0 aliphatic carbocycles. The molecule has 3 N–H and O–H groups in total. The number of hydrogen-bond acceptors (Lipinski definition) is 2. The van der Waals surface area contributed by atoms with Gasteiger partial charge in [-0.2, -0.15) is 0 Å². The highest BCUT2D eigenvalue weighted by atomic mass is 79.9.